The van der Waals surface area contributed by atoms with Gasteiger partial charge in [-0.1, -0.05) is 12.1 Å². The largest absolute Gasteiger partial charge is 0.493 e. The Morgan fingerprint density at radius 2 is 1.80 bits per heavy atom. The van der Waals surface area contributed by atoms with Crippen LogP contribution in [0.2, 0.25) is 0 Å². The van der Waals surface area contributed by atoms with E-state index in [2.05, 4.69) is 10.6 Å². The molecule has 3 aromatic carbocycles. The van der Waals surface area contributed by atoms with Crippen molar-refractivity contribution in [3.63, 3.8) is 0 Å². The molecule has 44 heavy (non-hydrogen) atoms. The Hall–Kier alpha value is -4.80. The van der Waals surface area contributed by atoms with Crippen LogP contribution in [0.4, 0.5) is 4.39 Å². The van der Waals surface area contributed by atoms with Crippen molar-refractivity contribution in [3.05, 3.63) is 77.1 Å². The third kappa shape index (κ3) is 7.39. The number of rotatable bonds is 3. The number of methoxy groups -OCH3 is 2. The van der Waals surface area contributed by atoms with Gasteiger partial charge in [0.2, 0.25) is 11.8 Å². The van der Waals surface area contributed by atoms with Crippen molar-refractivity contribution in [1.82, 2.24) is 15.5 Å². The first-order chi connectivity index (χ1) is 21.3. The summed E-state index contributed by atoms with van der Waals surface area (Å²) in [6.07, 6.45) is 1.64. The Bertz CT molecular complexity index is 1530. The van der Waals surface area contributed by atoms with E-state index in [1.165, 1.54) is 19.2 Å². The number of benzene rings is 3. The predicted octanol–water partition coefficient (Wildman–Crippen LogP) is 4.25. The number of carbonyl (C=O) groups excluding carboxylic acids is 3. The summed E-state index contributed by atoms with van der Waals surface area (Å²) in [5.41, 5.74) is 1.79. The average molecular weight is 606 g/mol. The zero-order valence-electron chi connectivity index (χ0n) is 24.8. The molecule has 1 unspecified atom stereocenters. The number of nitrogens with zero attached hydrogens (tertiary/aromatic N) is 1. The molecule has 3 aliphatic heterocycles. The maximum atomic E-state index is 14.4. The van der Waals surface area contributed by atoms with Crippen LogP contribution in [0.5, 0.6) is 28.7 Å². The SMILES string of the molecule is COc1cc2ccc1Oc1cc(F)cc(c1)CNC(=O)CCCN(C(=O)C1COc3c(cccc3OC)C1)CCCNC2=O. The fraction of sp³-hybridized carbons (Fsp3) is 0.364. The molecular weight excluding hydrogens is 569 g/mol. The van der Waals surface area contributed by atoms with Gasteiger partial charge in [0.15, 0.2) is 23.0 Å². The normalized spacial score (nSPS) is 17.7. The molecule has 0 radical (unpaired) electrons. The molecular formula is C33H36FN3O7. The molecule has 4 bridgehead atoms. The highest BCUT2D eigenvalue weighted by Gasteiger charge is 2.31. The van der Waals surface area contributed by atoms with Gasteiger partial charge in [-0.3, -0.25) is 14.4 Å². The quantitative estimate of drug-likeness (QED) is 0.459. The minimum absolute atomic E-state index is 0.0695. The van der Waals surface area contributed by atoms with Crippen LogP contribution in [0.1, 0.15) is 40.7 Å². The number of amides is 3. The van der Waals surface area contributed by atoms with Crippen molar-refractivity contribution in [3.8, 4) is 28.7 Å². The molecule has 0 fully saturated rings. The van der Waals surface area contributed by atoms with E-state index in [1.54, 1.807) is 36.3 Å². The van der Waals surface area contributed by atoms with Crippen LogP contribution < -0.4 is 29.6 Å². The van der Waals surface area contributed by atoms with E-state index in [0.717, 1.165) is 5.56 Å². The van der Waals surface area contributed by atoms with E-state index < -0.39 is 5.82 Å². The number of carbonyl (C=O) groups is 3. The Balaban J connectivity index is 1.33. The molecule has 6 rings (SSSR count). The number of hydrogen-bond acceptors (Lipinski definition) is 7. The lowest BCUT2D eigenvalue weighted by atomic mass is 9.95. The van der Waals surface area contributed by atoms with Gasteiger partial charge < -0.3 is 34.5 Å². The van der Waals surface area contributed by atoms with Crippen LogP contribution in [0.3, 0.4) is 0 Å². The Kier molecular flexibility index (Phi) is 9.83. The molecule has 3 heterocycles. The van der Waals surface area contributed by atoms with Gasteiger partial charge in [-0.2, -0.15) is 0 Å². The fourth-order valence-corrected chi connectivity index (χ4v) is 5.40. The van der Waals surface area contributed by atoms with Crippen molar-refractivity contribution >= 4 is 17.7 Å². The van der Waals surface area contributed by atoms with Crippen LogP contribution in [0.15, 0.2) is 54.6 Å². The zero-order chi connectivity index (χ0) is 31.1. The highest BCUT2D eigenvalue weighted by atomic mass is 19.1. The molecule has 0 aromatic heterocycles. The van der Waals surface area contributed by atoms with Crippen molar-refractivity contribution in [2.45, 2.75) is 32.2 Å². The molecule has 0 spiro atoms. The molecule has 2 N–H and O–H groups in total. The number of nitrogens with one attached hydrogen (secondary N) is 2. The van der Waals surface area contributed by atoms with Gasteiger partial charge in [0, 0.05) is 44.2 Å². The van der Waals surface area contributed by atoms with E-state index in [1.807, 2.05) is 18.2 Å². The maximum absolute atomic E-state index is 14.4. The second kappa shape index (κ2) is 14.1. The van der Waals surface area contributed by atoms with Gasteiger partial charge in [0.1, 0.15) is 18.2 Å². The summed E-state index contributed by atoms with van der Waals surface area (Å²) in [6.45, 7) is 1.41. The second-order valence-corrected chi connectivity index (χ2v) is 10.7. The molecule has 1 atom stereocenters. The lowest BCUT2D eigenvalue weighted by Crippen LogP contribution is -2.42. The Morgan fingerprint density at radius 3 is 2.61 bits per heavy atom. The number of fused-ring (bicyclic) bond motifs is 14. The first-order valence-corrected chi connectivity index (χ1v) is 14.6. The minimum atomic E-state index is -0.522. The summed E-state index contributed by atoms with van der Waals surface area (Å²) in [4.78, 5) is 41.0. The van der Waals surface area contributed by atoms with Gasteiger partial charge in [0.05, 0.1) is 20.1 Å². The number of halogens is 1. The lowest BCUT2D eigenvalue weighted by molar-refractivity contribution is -0.137. The maximum Gasteiger partial charge on any atom is 0.251 e. The van der Waals surface area contributed by atoms with Crippen LogP contribution in [0, 0.1) is 11.7 Å². The van der Waals surface area contributed by atoms with Gasteiger partial charge in [-0.05, 0) is 66.8 Å². The highest BCUT2D eigenvalue weighted by molar-refractivity contribution is 5.94. The standard InChI is InChI=1S/C33H36FN3O7/c1-41-28-7-3-6-22-16-24(20-43-31(22)28)33(40)37-12-4-8-30(38)36-19-21-14-25(34)18-26(15-21)44-27-10-9-23(17-29(27)42-2)32(39)35-11-5-13-37/h3,6-7,9-10,14-15,17-18,24H,4-5,8,11-13,16,19-20H2,1-2H3,(H,35,39)(H,36,38). The Morgan fingerprint density at radius 1 is 0.977 bits per heavy atom. The first-order valence-electron chi connectivity index (χ1n) is 14.6. The average Bonchev–Trinajstić information content (AvgIpc) is 3.03. The third-order valence-electron chi connectivity index (χ3n) is 7.63. The molecule has 10 nitrogen and oxygen atoms in total. The van der Waals surface area contributed by atoms with Crippen LogP contribution in [0.25, 0.3) is 0 Å². The third-order valence-corrected chi connectivity index (χ3v) is 7.63. The summed E-state index contributed by atoms with van der Waals surface area (Å²) >= 11 is 0. The molecule has 0 saturated carbocycles. The number of hydrogen-bond donors (Lipinski definition) is 2. The summed E-state index contributed by atoms with van der Waals surface area (Å²) < 4.78 is 37.1. The molecule has 3 aromatic rings. The second-order valence-electron chi connectivity index (χ2n) is 10.7. The fourth-order valence-electron chi connectivity index (χ4n) is 5.40. The van der Waals surface area contributed by atoms with Crippen LogP contribution in [-0.4, -0.2) is 63.1 Å². The van der Waals surface area contributed by atoms with Crippen molar-refractivity contribution in [2.24, 2.45) is 5.92 Å². The number of para-hydroxylation sites is 1. The van der Waals surface area contributed by atoms with Crippen molar-refractivity contribution in [2.75, 3.05) is 40.5 Å². The molecule has 0 saturated heterocycles. The van der Waals surface area contributed by atoms with E-state index in [4.69, 9.17) is 18.9 Å². The van der Waals surface area contributed by atoms with E-state index in [0.29, 0.717) is 73.0 Å². The lowest BCUT2D eigenvalue weighted by Gasteiger charge is -2.31. The zero-order valence-corrected chi connectivity index (χ0v) is 24.8. The number of ether oxygens (including phenoxy) is 4. The predicted molar refractivity (Wildman–Crippen MR) is 160 cm³/mol. The summed E-state index contributed by atoms with van der Waals surface area (Å²) in [7, 11) is 3.03. The van der Waals surface area contributed by atoms with Crippen molar-refractivity contribution < 1.29 is 37.7 Å². The summed E-state index contributed by atoms with van der Waals surface area (Å²) in [5, 5.41) is 5.72. The summed E-state index contributed by atoms with van der Waals surface area (Å²) in [6, 6.07) is 14.5. The molecule has 11 heteroatoms. The first kappa shape index (κ1) is 30.7. The van der Waals surface area contributed by atoms with E-state index in [-0.39, 0.29) is 49.0 Å². The van der Waals surface area contributed by atoms with Gasteiger partial charge in [-0.15, -0.1) is 0 Å². The molecule has 0 aliphatic carbocycles. The smallest absolute Gasteiger partial charge is 0.251 e. The molecule has 3 aliphatic rings. The van der Waals surface area contributed by atoms with E-state index in [9.17, 15) is 18.8 Å². The van der Waals surface area contributed by atoms with Gasteiger partial charge >= 0.3 is 0 Å². The molecule has 3 amide bonds. The van der Waals surface area contributed by atoms with E-state index >= 15 is 0 Å². The van der Waals surface area contributed by atoms with Crippen molar-refractivity contribution in [1.29, 1.82) is 0 Å². The topological polar surface area (TPSA) is 115 Å². The minimum Gasteiger partial charge on any atom is -0.493 e. The monoisotopic (exact) mass is 605 g/mol. The van der Waals surface area contributed by atoms with Gasteiger partial charge in [-0.25, -0.2) is 4.39 Å². The summed E-state index contributed by atoms with van der Waals surface area (Å²) in [5.74, 6) is 0.616. The van der Waals surface area contributed by atoms with Crippen LogP contribution in [-0.2, 0) is 22.6 Å². The Labute approximate surface area is 255 Å². The van der Waals surface area contributed by atoms with Gasteiger partial charge in [0.25, 0.3) is 5.91 Å². The molecule has 232 valence electrons. The van der Waals surface area contributed by atoms with Crippen LogP contribution >= 0.6 is 0 Å². The highest BCUT2D eigenvalue weighted by Crippen LogP contribution is 2.37.